The summed E-state index contributed by atoms with van der Waals surface area (Å²) >= 11 is 0. The largest absolute Gasteiger partial charge is 0.467 e. The highest BCUT2D eigenvalue weighted by atomic mass is 16.5. The van der Waals surface area contributed by atoms with E-state index in [0.717, 1.165) is 5.56 Å². The van der Waals surface area contributed by atoms with Gasteiger partial charge >= 0.3 is 5.97 Å². The molecule has 3 heterocycles. The molecule has 138 valence electrons. The van der Waals surface area contributed by atoms with Crippen LogP contribution in [-0.2, 0) is 25.7 Å². The summed E-state index contributed by atoms with van der Waals surface area (Å²) in [4.78, 5) is 41.1. The number of benzene rings is 1. The van der Waals surface area contributed by atoms with Gasteiger partial charge in [-0.05, 0) is 23.8 Å². The normalized spacial score (nSPS) is 21.9. The molecular weight excluding hydrogens is 348 g/mol. The minimum absolute atomic E-state index is 0.0519. The number of methoxy groups -OCH3 is 1. The first-order valence-corrected chi connectivity index (χ1v) is 8.57. The molecule has 0 unspecified atom stereocenters. The van der Waals surface area contributed by atoms with E-state index in [-0.39, 0.29) is 23.9 Å². The fourth-order valence-electron chi connectivity index (χ4n) is 3.62. The molecule has 0 saturated carbocycles. The van der Waals surface area contributed by atoms with Crippen molar-refractivity contribution in [1.29, 1.82) is 0 Å². The van der Waals surface area contributed by atoms with E-state index in [2.05, 4.69) is 0 Å². The third kappa shape index (κ3) is 2.91. The zero-order valence-electron chi connectivity index (χ0n) is 14.7. The van der Waals surface area contributed by atoms with Crippen molar-refractivity contribution in [3.05, 3.63) is 71.7 Å². The SMILES string of the molecule is COC(=O)C1=C[C@@H]2C(=O)N(Cc3ccccc3)CC(=O)N2[C@@H]1c1ccco1. The minimum Gasteiger partial charge on any atom is -0.467 e. The summed E-state index contributed by atoms with van der Waals surface area (Å²) in [6.45, 7) is 0.284. The van der Waals surface area contributed by atoms with Gasteiger partial charge in [-0.25, -0.2) is 4.79 Å². The van der Waals surface area contributed by atoms with Gasteiger partial charge in [0.25, 0.3) is 0 Å². The number of ether oxygens (including phenoxy) is 1. The predicted octanol–water partition coefficient (Wildman–Crippen LogP) is 1.67. The van der Waals surface area contributed by atoms with E-state index in [4.69, 9.17) is 9.15 Å². The van der Waals surface area contributed by atoms with Crippen LogP contribution in [0.4, 0.5) is 0 Å². The number of amides is 2. The maximum atomic E-state index is 13.0. The van der Waals surface area contributed by atoms with Crippen LogP contribution < -0.4 is 0 Å². The van der Waals surface area contributed by atoms with E-state index in [1.165, 1.54) is 29.2 Å². The Morgan fingerprint density at radius 2 is 1.96 bits per heavy atom. The van der Waals surface area contributed by atoms with E-state index in [9.17, 15) is 14.4 Å². The Morgan fingerprint density at radius 3 is 2.63 bits per heavy atom. The van der Waals surface area contributed by atoms with Crippen LogP contribution in [0.25, 0.3) is 0 Å². The molecule has 0 spiro atoms. The minimum atomic E-state index is -0.848. The van der Waals surface area contributed by atoms with Crippen molar-refractivity contribution in [1.82, 2.24) is 9.80 Å². The fourth-order valence-corrected chi connectivity index (χ4v) is 3.62. The van der Waals surface area contributed by atoms with E-state index < -0.39 is 18.1 Å². The first-order chi connectivity index (χ1) is 13.1. The van der Waals surface area contributed by atoms with Crippen molar-refractivity contribution in [3.8, 4) is 0 Å². The molecule has 2 atom stereocenters. The Labute approximate surface area is 155 Å². The molecule has 7 nitrogen and oxygen atoms in total. The Kier molecular flexibility index (Phi) is 4.27. The first-order valence-electron chi connectivity index (χ1n) is 8.57. The van der Waals surface area contributed by atoms with E-state index in [1.807, 2.05) is 30.3 Å². The third-order valence-electron chi connectivity index (χ3n) is 4.84. The number of carbonyl (C=O) groups excluding carboxylic acids is 3. The summed E-state index contributed by atoms with van der Waals surface area (Å²) in [5, 5.41) is 0. The number of esters is 1. The maximum absolute atomic E-state index is 13.0. The van der Waals surface area contributed by atoms with Gasteiger partial charge in [-0.2, -0.15) is 0 Å². The summed E-state index contributed by atoms with van der Waals surface area (Å²) in [7, 11) is 1.27. The maximum Gasteiger partial charge on any atom is 0.336 e. The molecule has 1 fully saturated rings. The topological polar surface area (TPSA) is 80.1 Å². The lowest BCUT2D eigenvalue weighted by Crippen LogP contribution is -2.57. The monoisotopic (exact) mass is 366 g/mol. The second-order valence-corrected chi connectivity index (χ2v) is 6.46. The van der Waals surface area contributed by atoms with Crippen molar-refractivity contribution in [3.63, 3.8) is 0 Å². The molecule has 2 aromatic rings. The fraction of sp³-hybridized carbons (Fsp3) is 0.250. The van der Waals surface area contributed by atoms with Gasteiger partial charge in [0, 0.05) is 6.54 Å². The van der Waals surface area contributed by atoms with Crippen molar-refractivity contribution < 1.29 is 23.5 Å². The smallest absolute Gasteiger partial charge is 0.336 e. The number of hydrogen-bond donors (Lipinski definition) is 0. The molecule has 2 aliphatic rings. The third-order valence-corrected chi connectivity index (χ3v) is 4.84. The number of hydrogen-bond acceptors (Lipinski definition) is 5. The van der Waals surface area contributed by atoms with Crippen LogP contribution >= 0.6 is 0 Å². The number of fused-ring (bicyclic) bond motifs is 1. The van der Waals surface area contributed by atoms with Crippen LogP contribution in [0.3, 0.4) is 0 Å². The Hall–Kier alpha value is -3.35. The standard InChI is InChI=1S/C20H18N2O5/c1-26-20(25)14-10-15-19(24)21(11-13-6-3-2-4-7-13)12-17(23)22(15)18(14)16-8-5-9-27-16/h2-10,15,18H,11-12H2,1H3/t15-,18+/m1/s1. The number of nitrogens with zero attached hydrogens (tertiary/aromatic N) is 2. The van der Waals surface area contributed by atoms with Gasteiger partial charge in [-0.3, -0.25) is 9.59 Å². The van der Waals surface area contributed by atoms with Crippen molar-refractivity contribution in [2.45, 2.75) is 18.6 Å². The molecular formula is C20H18N2O5. The summed E-state index contributed by atoms with van der Waals surface area (Å²) in [6.07, 6.45) is 2.98. The van der Waals surface area contributed by atoms with E-state index in [1.54, 1.807) is 12.1 Å². The van der Waals surface area contributed by atoms with E-state index in [0.29, 0.717) is 12.3 Å². The van der Waals surface area contributed by atoms with Gasteiger partial charge in [-0.15, -0.1) is 0 Å². The Balaban J connectivity index is 1.67. The lowest BCUT2D eigenvalue weighted by Gasteiger charge is -2.38. The highest BCUT2D eigenvalue weighted by molar-refractivity contribution is 6.01. The van der Waals surface area contributed by atoms with Crippen molar-refractivity contribution in [2.75, 3.05) is 13.7 Å². The highest BCUT2D eigenvalue weighted by Crippen LogP contribution is 2.40. The molecule has 2 amide bonds. The molecule has 27 heavy (non-hydrogen) atoms. The second-order valence-electron chi connectivity index (χ2n) is 6.46. The quantitative estimate of drug-likeness (QED) is 0.769. The van der Waals surface area contributed by atoms with Crippen LogP contribution in [0.1, 0.15) is 17.4 Å². The molecule has 0 bridgehead atoms. The molecule has 7 heteroatoms. The molecule has 2 aliphatic heterocycles. The van der Waals surface area contributed by atoms with Gasteiger partial charge in [0.2, 0.25) is 11.8 Å². The molecule has 1 aromatic carbocycles. The molecule has 1 aromatic heterocycles. The molecule has 0 radical (unpaired) electrons. The zero-order chi connectivity index (χ0) is 19.0. The van der Waals surface area contributed by atoms with Gasteiger partial charge in [0.1, 0.15) is 24.4 Å². The van der Waals surface area contributed by atoms with Crippen molar-refractivity contribution in [2.24, 2.45) is 0 Å². The Bertz CT molecular complexity index is 904. The van der Waals surface area contributed by atoms with Crippen LogP contribution in [0.15, 0.2) is 64.8 Å². The number of carbonyl (C=O) groups is 3. The molecule has 1 saturated heterocycles. The lowest BCUT2D eigenvalue weighted by molar-refractivity contribution is -0.155. The summed E-state index contributed by atoms with van der Waals surface area (Å²) in [6, 6.07) is 11.2. The zero-order valence-corrected chi connectivity index (χ0v) is 14.7. The molecule has 0 N–H and O–H groups in total. The Morgan fingerprint density at radius 1 is 1.19 bits per heavy atom. The van der Waals surface area contributed by atoms with Gasteiger partial charge in [0.05, 0.1) is 18.9 Å². The summed E-state index contributed by atoms with van der Waals surface area (Å²) in [5.41, 5.74) is 1.17. The summed E-state index contributed by atoms with van der Waals surface area (Å²) in [5.74, 6) is -0.631. The van der Waals surface area contributed by atoms with Crippen LogP contribution in [0.2, 0.25) is 0 Å². The van der Waals surface area contributed by atoms with Crippen LogP contribution in [0.5, 0.6) is 0 Å². The van der Waals surface area contributed by atoms with Crippen molar-refractivity contribution >= 4 is 17.8 Å². The molecule has 4 rings (SSSR count). The summed E-state index contributed by atoms with van der Waals surface area (Å²) < 4.78 is 10.3. The highest BCUT2D eigenvalue weighted by Gasteiger charge is 2.50. The number of piperazine rings is 1. The lowest BCUT2D eigenvalue weighted by atomic mass is 10.1. The number of furan rings is 1. The van der Waals surface area contributed by atoms with Crippen LogP contribution in [-0.4, -0.2) is 47.3 Å². The van der Waals surface area contributed by atoms with E-state index >= 15 is 0 Å². The predicted molar refractivity (Wildman–Crippen MR) is 94.0 cm³/mol. The number of rotatable bonds is 4. The average molecular weight is 366 g/mol. The van der Waals surface area contributed by atoms with Gasteiger partial charge in [0.15, 0.2) is 0 Å². The van der Waals surface area contributed by atoms with Crippen LogP contribution in [0, 0.1) is 0 Å². The second kappa shape index (κ2) is 6.75. The average Bonchev–Trinajstić information content (AvgIpc) is 3.33. The van der Waals surface area contributed by atoms with Gasteiger partial charge < -0.3 is 19.0 Å². The first kappa shape index (κ1) is 17.1. The molecule has 0 aliphatic carbocycles. The van der Waals surface area contributed by atoms with Gasteiger partial charge in [-0.1, -0.05) is 30.3 Å².